The predicted molar refractivity (Wildman–Crippen MR) is 71.5 cm³/mol. The SMILES string of the molecule is C=CCOCCCC(=O)N1C[C@H](C)OCC1(C)C. The van der Waals surface area contributed by atoms with Crippen molar-refractivity contribution in [1.82, 2.24) is 4.90 Å². The Bertz CT molecular complexity index is 289. The second-order valence-electron chi connectivity index (χ2n) is 5.41. The highest BCUT2D eigenvalue weighted by atomic mass is 16.5. The molecule has 0 spiro atoms. The van der Waals surface area contributed by atoms with Crippen LogP contribution in [-0.4, -0.2) is 48.8 Å². The number of hydrogen-bond donors (Lipinski definition) is 0. The first-order valence-electron chi connectivity index (χ1n) is 6.58. The van der Waals surface area contributed by atoms with Gasteiger partial charge >= 0.3 is 0 Å². The molecule has 0 bridgehead atoms. The molecule has 104 valence electrons. The molecule has 0 unspecified atom stereocenters. The summed E-state index contributed by atoms with van der Waals surface area (Å²) in [6.07, 6.45) is 3.13. The van der Waals surface area contributed by atoms with Gasteiger partial charge in [-0.3, -0.25) is 4.79 Å². The van der Waals surface area contributed by atoms with Crippen molar-refractivity contribution in [2.75, 3.05) is 26.4 Å². The number of carbonyl (C=O) groups is 1. The first-order valence-corrected chi connectivity index (χ1v) is 6.58. The molecule has 1 rings (SSSR count). The topological polar surface area (TPSA) is 38.8 Å². The minimum atomic E-state index is -0.203. The second-order valence-corrected chi connectivity index (χ2v) is 5.41. The highest BCUT2D eigenvalue weighted by molar-refractivity contribution is 5.77. The van der Waals surface area contributed by atoms with Crippen molar-refractivity contribution in [3.63, 3.8) is 0 Å². The highest BCUT2D eigenvalue weighted by Crippen LogP contribution is 2.23. The van der Waals surface area contributed by atoms with Gasteiger partial charge in [-0.05, 0) is 27.2 Å². The molecule has 1 aliphatic heterocycles. The van der Waals surface area contributed by atoms with Crippen LogP contribution in [0.25, 0.3) is 0 Å². The van der Waals surface area contributed by atoms with Gasteiger partial charge in [-0.2, -0.15) is 0 Å². The highest BCUT2D eigenvalue weighted by Gasteiger charge is 2.36. The first kappa shape index (κ1) is 15.2. The lowest BCUT2D eigenvalue weighted by Gasteiger charge is -2.44. The number of ether oxygens (including phenoxy) is 2. The van der Waals surface area contributed by atoms with E-state index in [4.69, 9.17) is 9.47 Å². The molecule has 4 nitrogen and oxygen atoms in total. The summed E-state index contributed by atoms with van der Waals surface area (Å²) in [5.41, 5.74) is -0.203. The average molecular weight is 255 g/mol. The fraction of sp³-hybridized carbons (Fsp3) is 0.786. The van der Waals surface area contributed by atoms with E-state index in [1.165, 1.54) is 0 Å². The van der Waals surface area contributed by atoms with E-state index in [1.807, 2.05) is 25.7 Å². The lowest BCUT2D eigenvalue weighted by atomic mass is 10.00. The summed E-state index contributed by atoms with van der Waals surface area (Å²) in [5.74, 6) is 0.192. The number of amides is 1. The van der Waals surface area contributed by atoms with Crippen molar-refractivity contribution in [3.05, 3.63) is 12.7 Å². The maximum Gasteiger partial charge on any atom is 0.223 e. The Morgan fingerprint density at radius 2 is 2.33 bits per heavy atom. The average Bonchev–Trinajstić information content (AvgIpc) is 2.32. The quantitative estimate of drug-likeness (QED) is 0.538. The number of carbonyl (C=O) groups excluding carboxylic acids is 1. The zero-order chi connectivity index (χ0) is 13.6. The third-order valence-corrected chi connectivity index (χ3v) is 3.11. The zero-order valence-electron chi connectivity index (χ0n) is 11.8. The molecular weight excluding hydrogens is 230 g/mol. The van der Waals surface area contributed by atoms with Gasteiger partial charge in [0.1, 0.15) is 0 Å². The van der Waals surface area contributed by atoms with Crippen molar-refractivity contribution in [2.24, 2.45) is 0 Å². The Balaban J connectivity index is 2.36. The molecular formula is C14H25NO3. The lowest BCUT2D eigenvalue weighted by Crippen LogP contribution is -2.57. The molecule has 0 radical (unpaired) electrons. The Morgan fingerprint density at radius 1 is 1.61 bits per heavy atom. The maximum atomic E-state index is 12.2. The van der Waals surface area contributed by atoms with Crippen molar-refractivity contribution in [1.29, 1.82) is 0 Å². The predicted octanol–water partition coefficient (Wildman–Crippen LogP) is 2.00. The van der Waals surface area contributed by atoms with Crippen LogP contribution in [0.3, 0.4) is 0 Å². The van der Waals surface area contributed by atoms with Crippen molar-refractivity contribution < 1.29 is 14.3 Å². The third kappa shape index (κ3) is 4.42. The summed E-state index contributed by atoms with van der Waals surface area (Å²) in [6, 6.07) is 0. The molecule has 18 heavy (non-hydrogen) atoms. The molecule has 1 atom stereocenters. The van der Waals surface area contributed by atoms with Crippen LogP contribution < -0.4 is 0 Å². The Morgan fingerprint density at radius 3 is 3.00 bits per heavy atom. The van der Waals surface area contributed by atoms with Gasteiger partial charge in [-0.1, -0.05) is 6.08 Å². The van der Waals surface area contributed by atoms with E-state index in [1.54, 1.807) is 6.08 Å². The molecule has 0 aromatic heterocycles. The van der Waals surface area contributed by atoms with E-state index < -0.39 is 0 Å². The molecule has 0 aromatic carbocycles. The van der Waals surface area contributed by atoms with Crippen LogP contribution in [0.15, 0.2) is 12.7 Å². The van der Waals surface area contributed by atoms with Crippen LogP contribution in [0, 0.1) is 0 Å². The van der Waals surface area contributed by atoms with E-state index in [9.17, 15) is 4.79 Å². The van der Waals surface area contributed by atoms with E-state index in [0.717, 1.165) is 6.42 Å². The van der Waals surface area contributed by atoms with Gasteiger partial charge in [0.25, 0.3) is 0 Å². The van der Waals surface area contributed by atoms with E-state index in [2.05, 4.69) is 6.58 Å². The van der Waals surface area contributed by atoms with Crippen LogP contribution in [0.1, 0.15) is 33.6 Å². The Kier molecular flexibility index (Phi) is 5.82. The van der Waals surface area contributed by atoms with Crippen molar-refractivity contribution in [3.8, 4) is 0 Å². The van der Waals surface area contributed by atoms with Crippen molar-refractivity contribution >= 4 is 5.91 Å². The van der Waals surface area contributed by atoms with Crippen LogP contribution in [-0.2, 0) is 14.3 Å². The maximum absolute atomic E-state index is 12.2. The number of nitrogens with zero attached hydrogens (tertiary/aromatic N) is 1. The standard InChI is InChI=1S/C14H25NO3/c1-5-8-17-9-6-7-13(16)15-10-12(2)18-11-14(15,3)4/h5,12H,1,6-11H2,2-4H3/t12-/m0/s1. The monoisotopic (exact) mass is 255 g/mol. The Hall–Kier alpha value is -0.870. The van der Waals surface area contributed by atoms with Gasteiger partial charge in [0.15, 0.2) is 0 Å². The summed E-state index contributed by atoms with van der Waals surface area (Å²) >= 11 is 0. The van der Waals surface area contributed by atoms with Crippen LogP contribution in [0.5, 0.6) is 0 Å². The van der Waals surface area contributed by atoms with Gasteiger partial charge in [0, 0.05) is 19.6 Å². The molecule has 1 amide bonds. The lowest BCUT2D eigenvalue weighted by molar-refractivity contribution is -0.153. The van der Waals surface area contributed by atoms with E-state index in [-0.39, 0.29) is 17.6 Å². The second kappa shape index (κ2) is 6.90. The number of hydrogen-bond acceptors (Lipinski definition) is 3. The summed E-state index contributed by atoms with van der Waals surface area (Å²) < 4.78 is 10.9. The van der Waals surface area contributed by atoms with Gasteiger partial charge < -0.3 is 14.4 Å². The largest absolute Gasteiger partial charge is 0.377 e. The summed E-state index contributed by atoms with van der Waals surface area (Å²) in [6.45, 7) is 12.1. The molecule has 1 heterocycles. The first-order chi connectivity index (χ1) is 8.47. The summed E-state index contributed by atoms with van der Waals surface area (Å²) in [4.78, 5) is 14.1. The van der Waals surface area contributed by atoms with Gasteiger partial charge in [0.05, 0.1) is 24.9 Å². The minimum absolute atomic E-state index is 0.124. The fourth-order valence-corrected chi connectivity index (χ4v) is 2.05. The number of morpholine rings is 1. The van der Waals surface area contributed by atoms with E-state index >= 15 is 0 Å². The fourth-order valence-electron chi connectivity index (χ4n) is 2.05. The van der Waals surface area contributed by atoms with Gasteiger partial charge in [0.2, 0.25) is 5.91 Å². The summed E-state index contributed by atoms with van der Waals surface area (Å²) in [7, 11) is 0. The minimum Gasteiger partial charge on any atom is -0.377 e. The zero-order valence-corrected chi connectivity index (χ0v) is 11.8. The Labute approximate surface area is 110 Å². The number of rotatable bonds is 6. The molecule has 1 fully saturated rings. The third-order valence-electron chi connectivity index (χ3n) is 3.11. The summed E-state index contributed by atoms with van der Waals surface area (Å²) in [5, 5.41) is 0. The van der Waals surface area contributed by atoms with Crippen LogP contribution >= 0.6 is 0 Å². The molecule has 1 aliphatic rings. The van der Waals surface area contributed by atoms with Gasteiger partial charge in [-0.15, -0.1) is 6.58 Å². The molecule has 0 N–H and O–H groups in total. The molecule has 0 saturated carbocycles. The van der Waals surface area contributed by atoms with Crippen LogP contribution in [0.2, 0.25) is 0 Å². The van der Waals surface area contributed by atoms with Gasteiger partial charge in [-0.25, -0.2) is 0 Å². The molecule has 4 heteroatoms. The molecule has 0 aliphatic carbocycles. The van der Waals surface area contributed by atoms with Crippen LogP contribution in [0.4, 0.5) is 0 Å². The normalized spacial score (nSPS) is 22.8. The van der Waals surface area contributed by atoms with Crippen molar-refractivity contribution in [2.45, 2.75) is 45.3 Å². The molecule has 1 saturated heterocycles. The molecule has 0 aromatic rings. The van der Waals surface area contributed by atoms with E-state index in [0.29, 0.717) is 32.8 Å². The smallest absolute Gasteiger partial charge is 0.223 e.